The maximum absolute atomic E-state index is 10.3. The molecule has 2 aromatic carbocycles. The Kier molecular flexibility index (Phi) is 4.68. The van der Waals surface area contributed by atoms with Gasteiger partial charge in [0.2, 0.25) is 4.80 Å². The van der Waals surface area contributed by atoms with E-state index in [2.05, 4.69) is 5.10 Å². The molecule has 1 aromatic heterocycles. The lowest BCUT2D eigenvalue weighted by molar-refractivity contribution is 0.415. The third kappa shape index (κ3) is 3.88. The molecule has 1 fully saturated rings. The van der Waals surface area contributed by atoms with Crippen LogP contribution < -0.4 is 9.54 Å². The highest BCUT2D eigenvalue weighted by Gasteiger charge is 2.21. The molecule has 0 bridgehead atoms. The van der Waals surface area contributed by atoms with Crippen molar-refractivity contribution in [3.8, 4) is 28.5 Å². The molecule has 1 aliphatic carbocycles. The summed E-state index contributed by atoms with van der Waals surface area (Å²) in [5.41, 5.74) is 2.24. The summed E-state index contributed by atoms with van der Waals surface area (Å²) < 4.78 is 6.91. The second kappa shape index (κ2) is 7.28. The van der Waals surface area contributed by atoms with E-state index >= 15 is 0 Å². The molecular weight excluding hydrogens is 362 g/mol. The van der Waals surface area contributed by atoms with Crippen LogP contribution in [0.5, 0.6) is 17.2 Å². The van der Waals surface area contributed by atoms with Gasteiger partial charge >= 0.3 is 0 Å². The van der Waals surface area contributed by atoms with Crippen LogP contribution in [0.2, 0.25) is 0 Å². The highest BCUT2D eigenvalue weighted by atomic mass is 32.1. The second-order valence-corrected chi connectivity index (χ2v) is 7.13. The molecular formula is C20H19N3O3S. The predicted octanol–water partition coefficient (Wildman–Crippen LogP) is 3.58. The minimum Gasteiger partial charge on any atom is -0.508 e. The Bertz CT molecular complexity index is 1050. The van der Waals surface area contributed by atoms with E-state index in [9.17, 15) is 10.2 Å². The maximum Gasteiger partial charge on any atom is 0.206 e. The van der Waals surface area contributed by atoms with E-state index in [-0.39, 0.29) is 11.5 Å². The average Bonchev–Trinajstić information content (AvgIpc) is 3.40. The SMILES string of the molecule is COc1ccc(/C=N/n2c(-c3ccc(O)cc3O)csc2=NC2CC2)cc1. The van der Waals surface area contributed by atoms with Crippen molar-refractivity contribution in [3.63, 3.8) is 0 Å². The summed E-state index contributed by atoms with van der Waals surface area (Å²) in [4.78, 5) is 5.50. The van der Waals surface area contributed by atoms with Crippen LogP contribution in [0.15, 0.2) is 57.9 Å². The van der Waals surface area contributed by atoms with Gasteiger partial charge in [-0.05, 0) is 54.8 Å². The normalized spacial score (nSPS) is 14.8. The molecule has 3 aromatic rings. The first-order chi connectivity index (χ1) is 13.1. The lowest BCUT2D eigenvalue weighted by atomic mass is 10.1. The first-order valence-electron chi connectivity index (χ1n) is 8.59. The molecule has 1 aliphatic rings. The average molecular weight is 381 g/mol. The molecule has 138 valence electrons. The Balaban J connectivity index is 1.76. The summed E-state index contributed by atoms with van der Waals surface area (Å²) in [5.74, 6) is 0.802. The Morgan fingerprint density at radius 2 is 1.93 bits per heavy atom. The van der Waals surface area contributed by atoms with Crippen LogP contribution in [0.3, 0.4) is 0 Å². The van der Waals surface area contributed by atoms with Crippen molar-refractivity contribution >= 4 is 17.6 Å². The zero-order valence-corrected chi connectivity index (χ0v) is 15.6. The zero-order chi connectivity index (χ0) is 18.8. The van der Waals surface area contributed by atoms with Gasteiger partial charge in [0.05, 0.1) is 25.1 Å². The lowest BCUT2D eigenvalue weighted by Gasteiger charge is -2.06. The Morgan fingerprint density at radius 3 is 2.59 bits per heavy atom. The van der Waals surface area contributed by atoms with Gasteiger partial charge < -0.3 is 14.9 Å². The summed E-state index contributed by atoms with van der Waals surface area (Å²) in [7, 11) is 1.63. The number of thiazole rings is 1. The molecule has 0 atom stereocenters. The molecule has 27 heavy (non-hydrogen) atoms. The quantitative estimate of drug-likeness (QED) is 0.663. The number of aromatic nitrogens is 1. The van der Waals surface area contributed by atoms with Crippen LogP contribution in [0.1, 0.15) is 18.4 Å². The van der Waals surface area contributed by atoms with E-state index in [1.165, 1.54) is 17.4 Å². The number of nitrogens with zero attached hydrogens (tertiary/aromatic N) is 3. The maximum atomic E-state index is 10.3. The molecule has 1 saturated carbocycles. The fourth-order valence-electron chi connectivity index (χ4n) is 2.60. The molecule has 4 rings (SSSR count). The first kappa shape index (κ1) is 17.4. The van der Waals surface area contributed by atoms with Gasteiger partial charge in [-0.3, -0.25) is 4.99 Å². The molecule has 0 radical (unpaired) electrons. The monoisotopic (exact) mass is 381 g/mol. The molecule has 1 heterocycles. The van der Waals surface area contributed by atoms with Crippen LogP contribution in [-0.2, 0) is 0 Å². The van der Waals surface area contributed by atoms with Crippen LogP contribution in [0.25, 0.3) is 11.3 Å². The van der Waals surface area contributed by atoms with E-state index < -0.39 is 0 Å². The van der Waals surface area contributed by atoms with Gasteiger partial charge in [0.15, 0.2) is 0 Å². The summed E-state index contributed by atoms with van der Waals surface area (Å²) in [6, 6.07) is 12.5. The standard InChI is InChI=1S/C20H19N3O3S/c1-26-16-7-2-13(3-8-16)11-21-23-18(12-27-20(23)22-14-4-5-14)17-9-6-15(24)10-19(17)25/h2-3,6-12,14,24-25H,4-5H2,1H3/b21-11+,22-20?. The van der Waals surface area contributed by atoms with Gasteiger partial charge in [-0.2, -0.15) is 5.10 Å². The number of aromatic hydroxyl groups is 2. The molecule has 0 spiro atoms. The van der Waals surface area contributed by atoms with Crippen LogP contribution >= 0.6 is 11.3 Å². The highest BCUT2D eigenvalue weighted by molar-refractivity contribution is 7.07. The summed E-state index contributed by atoms with van der Waals surface area (Å²) in [5, 5.41) is 26.3. The van der Waals surface area contributed by atoms with E-state index in [1.807, 2.05) is 29.6 Å². The largest absolute Gasteiger partial charge is 0.508 e. The van der Waals surface area contributed by atoms with Crippen molar-refractivity contribution in [2.45, 2.75) is 18.9 Å². The predicted molar refractivity (Wildman–Crippen MR) is 106 cm³/mol. The Labute approximate surface area is 160 Å². The second-order valence-electron chi connectivity index (χ2n) is 6.29. The van der Waals surface area contributed by atoms with Gasteiger partial charge in [0.25, 0.3) is 0 Å². The van der Waals surface area contributed by atoms with Crippen molar-refractivity contribution in [2.75, 3.05) is 7.11 Å². The first-order valence-corrected chi connectivity index (χ1v) is 9.47. The zero-order valence-electron chi connectivity index (χ0n) is 14.7. The van der Waals surface area contributed by atoms with Gasteiger partial charge in [-0.25, -0.2) is 4.68 Å². The number of phenols is 2. The van der Waals surface area contributed by atoms with Crippen molar-refractivity contribution < 1.29 is 14.9 Å². The third-order valence-electron chi connectivity index (χ3n) is 4.22. The van der Waals surface area contributed by atoms with Crippen molar-refractivity contribution in [2.24, 2.45) is 10.1 Å². The number of phenolic OH excluding ortho intramolecular Hbond substituents is 2. The fourth-order valence-corrected chi connectivity index (χ4v) is 3.50. The Morgan fingerprint density at radius 1 is 1.15 bits per heavy atom. The fraction of sp³-hybridized carbons (Fsp3) is 0.200. The number of ether oxygens (including phenoxy) is 1. The molecule has 7 heteroatoms. The summed E-state index contributed by atoms with van der Waals surface area (Å²) in [6.07, 6.45) is 3.94. The molecule has 0 aliphatic heterocycles. The summed E-state index contributed by atoms with van der Waals surface area (Å²) in [6.45, 7) is 0. The summed E-state index contributed by atoms with van der Waals surface area (Å²) >= 11 is 1.48. The van der Waals surface area contributed by atoms with E-state index in [0.29, 0.717) is 11.6 Å². The molecule has 0 amide bonds. The van der Waals surface area contributed by atoms with Gasteiger partial charge in [0, 0.05) is 17.0 Å². The highest BCUT2D eigenvalue weighted by Crippen LogP contribution is 2.32. The van der Waals surface area contributed by atoms with Crippen LogP contribution in [-0.4, -0.2) is 34.3 Å². The minimum absolute atomic E-state index is 0.000769. The molecule has 6 nitrogen and oxygen atoms in total. The number of methoxy groups -OCH3 is 1. The van der Waals surface area contributed by atoms with Gasteiger partial charge in [-0.1, -0.05) is 0 Å². The van der Waals surface area contributed by atoms with Crippen LogP contribution in [0, 0.1) is 0 Å². The van der Waals surface area contributed by atoms with Gasteiger partial charge in [-0.15, -0.1) is 11.3 Å². The smallest absolute Gasteiger partial charge is 0.206 e. The molecule has 2 N–H and O–H groups in total. The van der Waals surface area contributed by atoms with Crippen LogP contribution in [0.4, 0.5) is 0 Å². The van der Waals surface area contributed by atoms with Crippen molar-refractivity contribution in [1.29, 1.82) is 0 Å². The van der Waals surface area contributed by atoms with E-state index in [0.717, 1.165) is 34.6 Å². The molecule has 0 unspecified atom stereocenters. The number of hydrogen-bond donors (Lipinski definition) is 2. The van der Waals surface area contributed by atoms with Gasteiger partial charge in [0.1, 0.15) is 17.2 Å². The minimum atomic E-state index is -0.000769. The number of rotatable bonds is 5. The van der Waals surface area contributed by atoms with E-state index in [1.54, 1.807) is 30.1 Å². The number of benzene rings is 2. The number of hydrogen-bond acceptors (Lipinski definition) is 6. The van der Waals surface area contributed by atoms with Crippen molar-refractivity contribution in [1.82, 2.24) is 4.68 Å². The Hall–Kier alpha value is -3.06. The topological polar surface area (TPSA) is 79.3 Å². The van der Waals surface area contributed by atoms with E-state index in [4.69, 9.17) is 9.73 Å². The molecule has 0 saturated heterocycles. The lowest BCUT2D eigenvalue weighted by Crippen LogP contribution is -2.13. The van der Waals surface area contributed by atoms with Crippen molar-refractivity contribution in [3.05, 3.63) is 58.2 Å². The third-order valence-corrected chi connectivity index (χ3v) is 5.05.